The Kier molecular flexibility index (Phi) is 4.99. The second-order valence-electron chi connectivity index (χ2n) is 5.44. The van der Waals surface area contributed by atoms with E-state index in [1.54, 1.807) is 53.9 Å². The maximum Gasteiger partial charge on any atom is 0.337 e. The van der Waals surface area contributed by atoms with Crippen molar-refractivity contribution >= 4 is 35.3 Å². The van der Waals surface area contributed by atoms with Gasteiger partial charge in [-0.2, -0.15) is 5.10 Å². The summed E-state index contributed by atoms with van der Waals surface area (Å²) in [4.78, 5) is 28.3. The summed E-state index contributed by atoms with van der Waals surface area (Å²) in [6.45, 7) is 1.74. The third-order valence-corrected chi connectivity index (χ3v) is 3.88. The summed E-state index contributed by atoms with van der Waals surface area (Å²) in [5, 5.41) is 4.44. The number of carbonyl (C=O) groups excluding carboxylic acids is 2. The number of hydrogen-bond acceptors (Lipinski definition) is 5. The Hall–Kier alpha value is -3.19. The number of aryl methyl sites for hydroxylation is 1. The minimum absolute atomic E-state index is 0.350. The van der Waals surface area contributed by atoms with Crippen LogP contribution in [0.25, 0.3) is 5.65 Å². The second kappa shape index (κ2) is 7.37. The third kappa shape index (κ3) is 3.57. The number of hydrogen-bond donors (Lipinski definition) is 1. The second-order valence-corrected chi connectivity index (χ2v) is 5.87. The predicted molar refractivity (Wildman–Crippen MR) is 97.8 cm³/mol. The van der Waals surface area contributed by atoms with Crippen LogP contribution in [0.3, 0.4) is 0 Å². The van der Waals surface area contributed by atoms with E-state index in [1.165, 1.54) is 13.3 Å². The fourth-order valence-electron chi connectivity index (χ4n) is 2.49. The minimum atomic E-state index is -0.442. The Morgan fingerprint density at radius 2 is 2.12 bits per heavy atom. The highest BCUT2D eigenvalue weighted by atomic mass is 35.5. The van der Waals surface area contributed by atoms with Crippen LogP contribution in [0.2, 0.25) is 5.02 Å². The van der Waals surface area contributed by atoms with E-state index in [4.69, 9.17) is 11.6 Å². The van der Waals surface area contributed by atoms with Crippen LogP contribution >= 0.6 is 11.6 Å². The van der Waals surface area contributed by atoms with Gasteiger partial charge in [-0.3, -0.25) is 9.20 Å². The van der Waals surface area contributed by atoms with E-state index in [0.29, 0.717) is 33.2 Å². The van der Waals surface area contributed by atoms with Crippen molar-refractivity contribution in [3.05, 3.63) is 70.1 Å². The molecule has 3 rings (SSSR count). The van der Waals surface area contributed by atoms with Crippen molar-refractivity contribution in [2.24, 2.45) is 5.10 Å². The number of hydrazone groups is 1. The molecular weight excluding hydrogens is 356 g/mol. The zero-order chi connectivity index (χ0) is 18.7. The third-order valence-electron chi connectivity index (χ3n) is 3.66. The van der Waals surface area contributed by atoms with Gasteiger partial charge >= 0.3 is 5.97 Å². The average Bonchev–Trinajstić information content (AvgIpc) is 2.96. The Morgan fingerprint density at radius 1 is 1.31 bits per heavy atom. The number of imidazole rings is 1. The molecule has 0 saturated carbocycles. The molecule has 2 aromatic heterocycles. The summed E-state index contributed by atoms with van der Waals surface area (Å²) in [5.41, 5.74) is 5.03. The van der Waals surface area contributed by atoms with Gasteiger partial charge in [-0.1, -0.05) is 23.7 Å². The van der Waals surface area contributed by atoms with Gasteiger partial charge in [-0.15, -0.1) is 0 Å². The lowest BCUT2D eigenvalue weighted by atomic mass is 10.1. The lowest BCUT2D eigenvalue weighted by Gasteiger charge is -2.02. The van der Waals surface area contributed by atoms with Gasteiger partial charge in [-0.25, -0.2) is 15.2 Å². The van der Waals surface area contributed by atoms with Gasteiger partial charge in [0.2, 0.25) is 0 Å². The Morgan fingerprint density at radius 3 is 2.88 bits per heavy atom. The van der Waals surface area contributed by atoms with Crippen LogP contribution in [0, 0.1) is 6.92 Å². The van der Waals surface area contributed by atoms with Crippen molar-refractivity contribution in [3.63, 3.8) is 0 Å². The van der Waals surface area contributed by atoms with E-state index in [0.717, 1.165) is 0 Å². The summed E-state index contributed by atoms with van der Waals surface area (Å²) in [6, 6.07) is 10.1. The first-order valence-electron chi connectivity index (χ1n) is 7.65. The molecule has 0 radical (unpaired) electrons. The Bertz CT molecular complexity index is 1030. The number of ether oxygens (including phenoxy) is 1. The van der Waals surface area contributed by atoms with Crippen LogP contribution in [0.15, 0.2) is 47.7 Å². The number of amides is 1. The molecule has 1 aromatic carbocycles. The van der Waals surface area contributed by atoms with Gasteiger partial charge in [0, 0.05) is 6.20 Å². The number of carbonyl (C=O) groups is 2. The van der Waals surface area contributed by atoms with Crippen molar-refractivity contribution in [1.29, 1.82) is 0 Å². The molecule has 0 spiro atoms. The molecule has 0 aliphatic heterocycles. The number of fused-ring (bicyclic) bond motifs is 1. The maximum absolute atomic E-state index is 12.5. The molecule has 132 valence electrons. The summed E-state index contributed by atoms with van der Waals surface area (Å²) in [7, 11) is 1.31. The van der Waals surface area contributed by atoms with Crippen LogP contribution in [-0.4, -0.2) is 34.6 Å². The number of methoxy groups -OCH3 is 1. The van der Waals surface area contributed by atoms with E-state index in [-0.39, 0.29) is 0 Å². The highest BCUT2D eigenvalue weighted by Crippen LogP contribution is 2.16. The van der Waals surface area contributed by atoms with E-state index in [2.05, 4.69) is 20.2 Å². The number of nitrogens with zero attached hydrogens (tertiary/aromatic N) is 3. The van der Waals surface area contributed by atoms with Gasteiger partial charge in [0.1, 0.15) is 11.3 Å². The fraction of sp³-hybridized carbons (Fsp3) is 0.111. The van der Waals surface area contributed by atoms with Crippen molar-refractivity contribution in [2.45, 2.75) is 6.92 Å². The van der Waals surface area contributed by atoms with Crippen molar-refractivity contribution in [2.75, 3.05) is 7.11 Å². The monoisotopic (exact) mass is 370 g/mol. The summed E-state index contributed by atoms with van der Waals surface area (Å²) in [5.74, 6) is -0.861. The van der Waals surface area contributed by atoms with Crippen molar-refractivity contribution in [3.8, 4) is 0 Å². The molecule has 0 fully saturated rings. The smallest absolute Gasteiger partial charge is 0.337 e. The van der Waals surface area contributed by atoms with Gasteiger partial charge in [0.05, 0.1) is 29.6 Å². The summed E-state index contributed by atoms with van der Waals surface area (Å²) >= 11 is 5.99. The first kappa shape index (κ1) is 17.6. The van der Waals surface area contributed by atoms with Gasteiger partial charge in [-0.05, 0) is 36.8 Å². The fourth-order valence-corrected chi connectivity index (χ4v) is 2.65. The molecular formula is C18H15ClN4O3. The highest BCUT2D eigenvalue weighted by molar-refractivity contribution is 6.30. The molecule has 8 heteroatoms. The van der Waals surface area contributed by atoms with Crippen LogP contribution in [0.5, 0.6) is 0 Å². The maximum atomic E-state index is 12.5. The predicted octanol–water partition coefficient (Wildman–Crippen LogP) is 2.85. The highest BCUT2D eigenvalue weighted by Gasteiger charge is 2.16. The standard InChI is InChI=1S/C18H15ClN4O3/c1-11-16(23-10-14(19)6-7-15(23)21-11)17(24)22-20-9-12-4-3-5-13(8-12)18(25)26-2/h3-10H,1-2H3,(H,22,24)/b20-9-. The molecule has 3 aromatic rings. The van der Waals surface area contributed by atoms with Gasteiger partial charge in [0.25, 0.3) is 5.91 Å². The number of pyridine rings is 1. The number of nitrogens with one attached hydrogen (secondary N) is 1. The lowest BCUT2D eigenvalue weighted by Crippen LogP contribution is -2.20. The largest absolute Gasteiger partial charge is 0.465 e. The number of aromatic nitrogens is 2. The molecule has 0 unspecified atom stereocenters. The SMILES string of the molecule is COC(=O)c1cccc(/C=N\NC(=O)c2c(C)nc3ccc(Cl)cn23)c1. The van der Waals surface area contributed by atoms with E-state index >= 15 is 0 Å². The van der Waals surface area contributed by atoms with Gasteiger partial charge in [0.15, 0.2) is 0 Å². The number of halogens is 1. The molecule has 0 saturated heterocycles. The first-order chi connectivity index (χ1) is 12.5. The minimum Gasteiger partial charge on any atom is -0.465 e. The lowest BCUT2D eigenvalue weighted by molar-refractivity contribution is 0.0600. The van der Waals surface area contributed by atoms with Gasteiger partial charge < -0.3 is 4.74 Å². The van der Waals surface area contributed by atoms with E-state index in [1.807, 2.05) is 0 Å². The van der Waals surface area contributed by atoms with Crippen LogP contribution in [0.1, 0.15) is 32.1 Å². The normalized spacial score (nSPS) is 11.0. The molecule has 0 aliphatic rings. The van der Waals surface area contributed by atoms with E-state index in [9.17, 15) is 9.59 Å². The molecule has 7 nitrogen and oxygen atoms in total. The molecule has 26 heavy (non-hydrogen) atoms. The van der Waals surface area contributed by atoms with Crippen LogP contribution in [-0.2, 0) is 4.74 Å². The quantitative estimate of drug-likeness (QED) is 0.434. The number of esters is 1. The Labute approximate surface area is 154 Å². The van der Waals surface area contributed by atoms with Crippen LogP contribution < -0.4 is 5.43 Å². The summed E-state index contributed by atoms with van der Waals surface area (Å²) < 4.78 is 6.28. The van der Waals surface area contributed by atoms with Crippen molar-refractivity contribution < 1.29 is 14.3 Å². The molecule has 1 N–H and O–H groups in total. The Balaban J connectivity index is 1.79. The van der Waals surface area contributed by atoms with Crippen LogP contribution in [0.4, 0.5) is 0 Å². The number of rotatable bonds is 4. The number of benzene rings is 1. The van der Waals surface area contributed by atoms with E-state index < -0.39 is 11.9 Å². The molecule has 0 bridgehead atoms. The topological polar surface area (TPSA) is 85.1 Å². The zero-order valence-electron chi connectivity index (χ0n) is 14.1. The zero-order valence-corrected chi connectivity index (χ0v) is 14.8. The van der Waals surface area contributed by atoms with Crippen molar-refractivity contribution in [1.82, 2.24) is 14.8 Å². The summed E-state index contributed by atoms with van der Waals surface area (Å²) in [6.07, 6.45) is 3.06. The molecule has 2 heterocycles. The molecule has 0 atom stereocenters. The average molecular weight is 371 g/mol. The first-order valence-corrected chi connectivity index (χ1v) is 8.03. The molecule has 0 aliphatic carbocycles. The molecule has 1 amide bonds.